The van der Waals surface area contributed by atoms with E-state index >= 15 is 0 Å². The van der Waals surface area contributed by atoms with Crippen LogP contribution < -0.4 is 5.32 Å². The third-order valence-corrected chi connectivity index (χ3v) is 3.61. The largest absolute Gasteiger partial charge is 0.309 e. The average Bonchev–Trinajstić information content (AvgIpc) is 2.23. The summed E-state index contributed by atoms with van der Waals surface area (Å²) in [7, 11) is -2.89. The van der Waals surface area contributed by atoms with Gasteiger partial charge < -0.3 is 5.32 Å². The van der Waals surface area contributed by atoms with Crippen LogP contribution in [0.5, 0.6) is 0 Å². The topological polar surface area (TPSA) is 46.2 Å². The van der Waals surface area contributed by atoms with Crippen LogP contribution in [-0.2, 0) is 9.84 Å². The van der Waals surface area contributed by atoms with E-state index in [0.717, 1.165) is 0 Å². The molecule has 0 saturated carbocycles. The van der Waals surface area contributed by atoms with Gasteiger partial charge in [-0.15, -0.1) is 0 Å². The predicted octanol–water partition coefficient (Wildman–Crippen LogP) is 2.02. The number of sulfone groups is 1. The van der Waals surface area contributed by atoms with Crippen LogP contribution in [0.4, 0.5) is 0 Å². The van der Waals surface area contributed by atoms with Crippen LogP contribution in [0.25, 0.3) is 0 Å². The first kappa shape index (κ1) is 14.2. The van der Waals surface area contributed by atoms with E-state index in [1.165, 1.54) is 11.8 Å². The molecule has 0 amide bonds. The zero-order chi connectivity index (χ0) is 12.9. The van der Waals surface area contributed by atoms with Gasteiger partial charge in [0.15, 0.2) is 0 Å². The molecule has 1 unspecified atom stereocenters. The van der Waals surface area contributed by atoms with Gasteiger partial charge in [-0.3, -0.25) is 0 Å². The van der Waals surface area contributed by atoms with Gasteiger partial charge in [-0.2, -0.15) is 0 Å². The van der Waals surface area contributed by atoms with Gasteiger partial charge in [-0.05, 0) is 11.5 Å². The molecule has 0 aliphatic rings. The van der Waals surface area contributed by atoms with Crippen molar-refractivity contribution in [2.75, 3.05) is 18.6 Å². The first-order chi connectivity index (χ1) is 7.90. The van der Waals surface area contributed by atoms with E-state index in [4.69, 9.17) is 0 Å². The van der Waals surface area contributed by atoms with Gasteiger partial charge in [0.05, 0.1) is 5.75 Å². The van der Waals surface area contributed by atoms with Gasteiger partial charge in [0, 0.05) is 18.8 Å². The molecule has 0 bridgehead atoms. The Morgan fingerprint density at radius 3 is 2.24 bits per heavy atom. The maximum absolute atomic E-state index is 11.1. The molecule has 1 aromatic rings. The predicted molar refractivity (Wildman–Crippen MR) is 71.7 cm³/mol. The molecule has 0 heterocycles. The summed E-state index contributed by atoms with van der Waals surface area (Å²) in [6.07, 6.45) is 1.27. The summed E-state index contributed by atoms with van der Waals surface area (Å²) in [5.41, 5.74) is 1.20. The van der Waals surface area contributed by atoms with Crippen LogP contribution in [0.15, 0.2) is 30.3 Å². The standard InChI is InChI=1S/C13H21NO2S/c1-11(2)13(12-7-5-4-6-8-12)14-9-10-17(3,15)16/h4-8,11,13-14H,9-10H2,1-3H3. The highest BCUT2D eigenvalue weighted by atomic mass is 32.2. The lowest BCUT2D eigenvalue weighted by atomic mass is 9.96. The van der Waals surface area contributed by atoms with Gasteiger partial charge in [-0.25, -0.2) is 8.42 Å². The normalized spacial score (nSPS) is 13.9. The van der Waals surface area contributed by atoms with Crippen LogP contribution >= 0.6 is 0 Å². The van der Waals surface area contributed by atoms with Crippen molar-refractivity contribution >= 4 is 9.84 Å². The molecular weight excluding hydrogens is 234 g/mol. The number of benzene rings is 1. The molecule has 1 rings (SSSR count). The molecule has 0 aliphatic heterocycles. The zero-order valence-corrected chi connectivity index (χ0v) is 11.5. The number of rotatable bonds is 6. The molecule has 3 nitrogen and oxygen atoms in total. The molecule has 0 aliphatic carbocycles. The Labute approximate surface area is 104 Å². The Bertz CT molecular complexity index is 426. The fourth-order valence-corrected chi connectivity index (χ4v) is 2.29. The highest BCUT2D eigenvalue weighted by Gasteiger charge is 2.15. The maximum Gasteiger partial charge on any atom is 0.148 e. The summed E-state index contributed by atoms with van der Waals surface area (Å²) in [5, 5.41) is 3.31. The van der Waals surface area contributed by atoms with E-state index < -0.39 is 9.84 Å². The zero-order valence-electron chi connectivity index (χ0n) is 10.7. The van der Waals surface area contributed by atoms with E-state index in [-0.39, 0.29) is 11.8 Å². The second-order valence-corrected chi connectivity index (χ2v) is 6.98. The summed E-state index contributed by atoms with van der Waals surface area (Å²) in [4.78, 5) is 0. The van der Waals surface area contributed by atoms with Crippen molar-refractivity contribution in [3.8, 4) is 0 Å². The van der Waals surface area contributed by atoms with Crippen molar-refractivity contribution in [1.29, 1.82) is 0 Å². The minimum Gasteiger partial charge on any atom is -0.309 e. The molecule has 0 radical (unpaired) electrons. The van der Waals surface area contributed by atoms with Gasteiger partial charge in [0.25, 0.3) is 0 Å². The van der Waals surface area contributed by atoms with Crippen LogP contribution in [0, 0.1) is 5.92 Å². The number of hydrogen-bond donors (Lipinski definition) is 1. The van der Waals surface area contributed by atoms with Crippen molar-refractivity contribution in [2.24, 2.45) is 5.92 Å². The lowest BCUT2D eigenvalue weighted by Gasteiger charge is -2.22. The fourth-order valence-electron chi connectivity index (χ4n) is 1.80. The van der Waals surface area contributed by atoms with Crippen molar-refractivity contribution in [3.05, 3.63) is 35.9 Å². The summed E-state index contributed by atoms with van der Waals surface area (Å²) in [6, 6.07) is 10.3. The molecule has 96 valence electrons. The van der Waals surface area contributed by atoms with Crippen LogP contribution in [0.2, 0.25) is 0 Å². The van der Waals surface area contributed by atoms with E-state index in [2.05, 4.69) is 31.3 Å². The maximum atomic E-state index is 11.1. The van der Waals surface area contributed by atoms with Gasteiger partial charge in [0.1, 0.15) is 9.84 Å². The van der Waals surface area contributed by atoms with Crippen molar-refractivity contribution in [3.63, 3.8) is 0 Å². The molecule has 0 fully saturated rings. The lowest BCUT2D eigenvalue weighted by Crippen LogP contribution is -2.30. The van der Waals surface area contributed by atoms with Gasteiger partial charge >= 0.3 is 0 Å². The minimum atomic E-state index is -2.89. The molecule has 4 heteroatoms. The lowest BCUT2D eigenvalue weighted by molar-refractivity contribution is 0.421. The third kappa shape index (κ3) is 5.33. The Kier molecular flexibility index (Phi) is 5.15. The SMILES string of the molecule is CC(C)C(NCCS(C)(=O)=O)c1ccccc1. The van der Waals surface area contributed by atoms with E-state index in [1.54, 1.807) is 0 Å². The van der Waals surface area contributed by atoms with Crippen LogP contribution in [0.1, 0.15) is 25.5 Å². The van der Waals surface area contributed by atoms with E-state index in [9.17, 15) is 8.42 Å². The van der Waals surface area contributed by atoms with E-state index in [1.807, 2.05) is 18.2 Å². The van der Waals surface area contributed by atoms with Gasteiger partial charge in [0.2, 0.25) is 0 Å². The van der Waals surface area contributed by atoms with Crippen LogP contribution in [-0.4, -0.2) is 27.0 Å². The molecule has 0 aromatic heterocycles. The highest BCUT2D eigenvalue weighted by Crippen LogP contribution is 2.20. The van der Waals surface area contributed by atoms with E-state index in [0.29, 0.717) is 12.5 Å². The first-order valence-corrected chi connectivity index (χ1v) is 7.92. The molecule has 0 spiro atoms. The summed E-state index contributed by atoms with van der Waals surface area (Å²) < 4.78 is 22.2. The monoisotopic (exact) mass is 255 g/mol. The molecule has 1 aromatic carbocycles. The summed E-state index contributed by atoms with van der Waals surface area (Å²) >= 11 is 0. The first-order valence-electron chi connectivity index (χ1n) is 5.86. The van der Waals surface area contributed by atoms with Crippen molar-refractivity contribution < 1.29 is 8.42 Å². The summed E-state index contributed by atoms with van der Waals surface area (Å²) in [5.74, 6) is 0.611. The quantitative estimate of drug-likeness (QED) is 0.846. The number of nitrogens with one attached hydrogen (secondary N) is 1. The third-order valence-electron chi connectivity index (χ3n) is 2.66. The Morgan fingerprint density at radius 1 is 1.18 bits per heavy atom. The molecular formula is C13H21NO2S. The molecule has 1 atom stereocenters. The minimum absolute atomic E-state index is 0.184. The fraction of sp³-hybridized carbons (Fsp3) is 0.538. The Balaban J connectivity index is 2.63. The van der Waals surface area contributed by atoms with Crippen molar-refractivity contribution in [1.82, 2.24) is 5.32 Å². The second kappa shape index (κ2) is 6.17. The second-order valence-electron chi connectivity index (χ2n) is 4.72. The summed E-state index contributed by atoms with van der Waals surface area (Å²) in [6.45, 7) is 4.76. The molecule has 0 saturated heterocycles. The average molecular weight is 255 g/mol. The molecule has 1 N–H and O–H groups in total. The Hall–Kier alpha value is -0.870. The Morgan fingerprint density at radius 2 is 1.76 bits per heavy atom. The van der Waals surface area contributed by atoms with Gasteiger partial charge in [-0.1, -0.05) is 44.2 Å². The smallest absolute Gasteiger partial charge is 0.148 e. The van der Waals surface area contributed by atoms with Crippen molar-refractivity contribution in [2.45, 2.75) is 19.9 Å². The highest BCUT2D eigenvalue weighted by molar-refractivity contribution is 7.90. The number of hydrogen-bond acceptors (Lipinski definition) is 3. The molecule has 17 heavy (non-hydrogen) atoms. The van der Waals surface area contributed by atoms with Crippen LogP contribution in [0.3, 0.4) is 0 Å².